The first-order valence-corrected chi connectivity index (χ1v) is 7.19. The Morgan fingerprint density at radius 2 is 1.95 bits per heavy atom. The van der Waals surface area contributed by atoms with Crippen molar-refractivity contribution in [2.45, 2.75) is 20.4 Å². The molecular formula is C15H15BrN2O2. The maximum atomic E-state index is 5.41. The molecule has 2 aromatic rings. The van der Waals surface area contributed by atoms with Crippen molar-refractivity contribution in [2.75, 3.05) is 12.1 Å². The Bertz CT molecular complexity index is 659. The van der Waals surface area contributed by atoms with Crippen LogP contribution < -0.4 is 14.8 Å². The largest absolute Gasteiger partial charge is 0.454 e. The summed E-state index contributed by atoms with van der Waals surface area (Å²) in [6.07, 6.45) is 0. The second kappa shape index (κ2) is 5.32. The molecule has 0 atom stereocenters. The molecule has 0 saturated heterocycles. The third-order valence-electron chi connectivity index (χ3n) is 3.31. The van der Waals surface area contributed by atoms with E-state index in [-0.39, 0.29) is 0 Å². The van der Waals surface area contributed by atoms with E-state index in [4.69, 9.17) is 9.47 Å². The van der Waals surface area contributed by atoms with E-state index in [2.05, 4.69) is 33.2 Å². The first kappa shape index (κ1) is 13.2. The Balaban J connectivity index is 1.76. The predicted octanol–water partition coefficient (Wildman–Crippen LogP) is 3.80. The van der Waals surface area contributed by atoms with Crippen LogP contribution in [0.1, 0.15) is 16.8 Å². The highest BCUT2D eigenvalue weighted by atomic mass is 79.9. The van der Waals surface area contributed by atoms with Gasteiger partial charge in [-0.25, -0.2) is 4.98 Å². The summed E-state index contributed by atoms with van der Waals surface area (Å²) in [6.45, 7) is 5.05. The normalized spacial score (nSPS) is 12.6. The van der Waals surface area contributed by atoms with Crippen LogP contribution in [0.4, 0.5) is 5.82 Å². The Morgan fingerprint density at radius 1 is 1.20 bits per heavy atom. The van der Waals surface area contributed by atoms with Crippen LogP contribution >= 0.6 is 15.9 Å². The highest BCUT2D eigenvalue weighted by molar-refractivity contribution is 9.10. The molecule has 0 saturated carbocycles. The molecule has 20 heavy (non-hydrogen) atoms. The minimum Gasteiger partial charge on any atom is -0.454 e. The number of aromatic nitrogens is 1. The number of anilines is 1. The topological polar surface area (TPSA) is 43.4 Å². The van der Waals surface area contributed by atoms with Gasteiger partial charge in [-0.15, -0.1) is 0 Å². The third-order valence-corrected chi connectivity index (χ3v) is 4.15. The van der Waals surface area contributed by atoms with E-state index in [1.54, 1.807) is 0 Å². The van der Waals surface area contributed by atoms with Gasteiger partial charge < -0.3 is 14.8 Å². The molecule has 0 radical (unpaired) electrons. The van der Waals surface area contributed by atoms with Crippen molar-refractivity contribution in [2.24, 2.45) is 0 Å². The van der Waals surface area contributed by atoms with Crippen LogP contribution in [-0.4, -0.2) is 11.8 Å². The lowest BCUT2D eigenvalue weighted by atomic mass is 10.1. The minimum atomic E-state index is 0.305. The van der Waals surface area contributed by atoms with Crippen LogP contribution in [0.5, 0.6) is 11.5 Å². The molecule has 4 nitrogen and oxygen atoms in total. The summed E-state index contributed by atoms with van der Waals surface area (Å²) in [5, 5.41) is 3.33. The summed E-state index contributed by atoms with van der Waals surface area (Å²) in [6, 6.07) is 7.99. The van der Waals surface area contributed by atoms with Crippen molar-refractivity contribution in [1.29, 1.82) is 0 Å². The summed E-state index contributed by atoms with van der Waals surface area (Å²) in [5.41, 5.74) is 3.32. The van der Waals surface area contributed by atoms with Gasteiger partial charge in [0.05, 0.1) is 5.69 Å². The van der Waals surface area contributed by atoms with Crippen LogP contribution in [0.2, 0.25) is 0 Å². The molecule has 104 valence electrons. The van der Waals surface area contributed by atoms with Crippen LogP contribution in [-0.2, 0) is 6.54 Å². The number of hydrogen-bond donors (Lipinski definition) is 1. The number of halogens is 1. The summed E-state index contributed by atoms with van der Waals surface area (Å²) >= 11 is 3.45. The number of ether oxygens (including phenoxy) is 2. The average molecular weight is 335 g/mol. The van der Waals surface area contributed by atoms with E-state index in [9.17, 15) is 0 Å². The quantitative estimate of drug-likeness (QED) is 0.927. The number of nitrogens with one attached hydrogen (secondary N) is 1. The molecule has 0 amide bonds. The number of aryl methyl sites for hydroxylation is 2. The lowest BCUT2D eigenvalue weighted by Crippen LogP contribution is -2.03. The number of pyridine rings is 1. The van der Waals surface area contributed by atoms with Crippen molar-refractivity contribution in [1.82, 2.24) is 4.98 Å². The zero-order valence-corrected chi connectivity index (χ0v) is 13.0. The van der Waals surface area contributed by atoms with Gasteiger partial charge in [-0.2, -0.15) is 0 Å². The van der Waals surface area contributed by atoms with Gasteiger partial charge in [-0.1, -0.05) is 0 Å². The second-order valence-electron chi connectivity index (χ2n) is 4.75. The fourth-order valence-electron chi connectivity index (χ4n) is 2.10. The minimum absolute atomic E-state index is 0.305. The highest BCUT2D eigenvalue weighted by Gasteiger charge is 2.15. The van der Waals surface area contributed by atoms with Gasteiger partial charge in [0.1, 0.15) is 5.82 Å². The van der Waals surface area contributed by atoms with E-state index < -0.39 is 0 Å². The Labute approximate surface area is 126 Å². The number of rotatable bonds is 3. The maximum absolute atomic E-state index is 5.41. The number of hydrogen-bond acceptors (Lipinski definition) is 4. The Kier molecular flexibility index (Phi) is 3.53. The number of fused-ring (bicyclic) bond motifs is 1. The molecule has 2 heterocycles. The zero-order valence-electron chi connectivity index (χ0n) is 11.4. The molecule has 1 aliphatic heterocycles. The first-order chi connectivity index (χ1) is 9.63. The lowest BCUT2D eigenvalue weighted by Gasteiger charge is -2.10. The lowest BCUT2D eigenvalue weighted by molar-refractivity contribution is 0.174. The number of benzene rings is 1. The molecule has 0 spiro atoms. The van der Waals surface area contributed by atoms with Crippen LogP contribution in [0.3, 0.4) is 0 Å². The molecule has 0 aliphatic carbocycles. The van der Waals surface area contributed by atoms with Crippen molar-refractivity contribution in [3.63, 3.8) is 0 Å². The standard InChI is InChI=1S/C15H15BrN2O2/c1-9-5-13-14(20-8-19-13)6-11(9)7-17-15-4-3-12(16)10(2)18-15/h3-6H,7-8H2,1-2H3,(H,17,18). The van der Waals surface area contributed by atoms with Crippen molar-refractivity contribution >= 4 is 21.7 Å². The second-order valence-corrected chi connectivity index (χ2v) is 5.60. The first-order valence-electron chi connectivity index (χ1n) is 6.39. The van der Waals surface area contributed by atoms with E-state index in [0.29, 0.717) is 13.3 Å². The molecule has 1 aromatic carbocycles. The van der Waals surface area contributed by atoms with Gasteiger partial charge in [0, 0.05) is 11.0 Å². The van der Waals surface area contributed by atoms with Crippen LogP contribution in [0.15, 0.2) is 28.7 Å². The third kappa shape index (κ3) is 2.58. The van der Waals surface area contributed by atoms with Crippen LogP contribution in [0, 0.1) is 13.8 Å². The van der Waals surface area contributed by atoms with Gasteiger partial charge in [-0.3, -0.25) is 0 Å². The highest BCUT2D eigenvalue weighted by Crippen LogP contribution is 2.34. The van der Waals surface area contributed by atoms with Gasteiger partial charge in [0.15, 0.2) is 11.5 Å². The molecule has 1 aliphatic rings. The molecule has 5 heteroatoms. The number of nitrogens with zero attached hydrogens (tertiary/aromatic N) is 1. The van der Waals surface area contributed by atoms with Crippen molar-refractivity contribution < 1.29 is 9.47 Å². The predicted molar refractivity (Wildman–Crippen MR) is 81.3 cm³/mol. The zero-order chi connectivity index (χ0) is 14.1. The van der Waals surface area contributed by atoms with E-state index >= 15 is 0 Å². The summed E-state index contributed by atoms with van der Waals surface area (Å²) in [5.74, 6) is 2.50. The summed E-state index contributed by atoms with van der Waals surface area (Å²) in [7, 11) is 0. The summed E-state index contributed by atoms with van der Waals surface area (Å²) in [4.78, 5) is 4.48. The van der Waals surface area contributed by atoms with E-state index in [1.165, 1.54) is 11.1 Å². The average Bonchev–Trinajstić information content (AvgIpc) is 2.87. The Hall–Kier alpha value is -1.75. The molecular weight excluding hydrogens is 320 g/mol. The van der Waals surface area contributed by atoms with E-state index in [0.717, 1.165) is 27.5 Å². The van der Waals surface area contributed by atoms with Gasteiger partial charge >= 0.3 is 0 Å². The van der Waals surface area contributed by atoms with Gasteiger partial charge in [0.25, 0.3) is 0 Å². The summed E-state index contributed by atoms with van der Waals surface area (Å²) < 4.78 is 11.8. The molecule has 1 aromatic heterocycles. The van der Waals surface area contributed by atoms with Crippen molar-refractivity contribution in [3.8, 4) is 11.5 Å². The van der Waals surface area contributed by atoms with Crippen molar-refractivity contribution in [3.05, 3.63) is 45.6 Å². The van der Waals surface area contributed by atoms with Crippen LogP contribution in [0.25, 0.3) is 0 Å². The molecule has 0 fully saturated rings. The Morgan fingerprint density at radius 3 is 2.70 bits per heavy atom. The van der Waals surface area contributed by atoms with E-state index in [1.807, 2.05) is 31.2 Å². The fraction of sp³-hybridized carbons (Fsp3) is 0.267. The van der Waals surface area contributed by atoms with Gasteiger partial charge in [-0.05, 0) is 65.2 Å². The molecule has 0 unspecified atom stereocenters. The molecule has 0 bridgehead atoms. The monoisotopic (exact) mass is 334 g/mol. The molecule has 1 N–H and O–H groups in total. The molecule has 3 rings (SSSR count). The van der Waals surface area contributed by atoms with Gasteiger partial charge in [0.2, 0.25) is 6.79 Å². The fourth-order valence-corrected chi connectivity index (χ4v) is 2.33. The maximum Gasteiger partial charge on any atom is 0.231 e. The smallest absolute Gasteiger partial charge is 0.231 e. The SMILES string of the molecule is Cc1cc2c(cc1CNc1ccc(Br)c(C)n1)OCO2.